The molecule has 0 saturated carbocycles. The molecule has 0 spiro atoms. The maximum Gasteiger partial charge on any atom is 0.270 e. The molecule has 0 aliphatic carbocycles. The highest BCUT2D eigenvalue weighted by molar-refractivity contribution is 5.92. The van der Waals surface area contributed by atoms with E-state index in [9.17, 15) is 9.18 Å². The Morgan fingerprint density at radius 1 is 1.12 bits per heavy atom. The molecule has 0 radical (unpaired) electrons. The lowest BCUT2D eigenvalue weighted by molar-refractivity contribution is 0.0946. The van der Waals surface area contributed by atoms with Crippen molar-refractivity contribution >= 4 is 5.91 Å². The van der Waals surface area contributed by atoms with E-state index in [2.05, 4.69) is 20.3 Å². The van der Waals surface area contributed by atoms with Crippen LogP contribution in [0.4, 0.5) is 4.39 Å². The molecule has 24 heavy (non-hydrogen) atoms. The summed E-state index contributed by atoms with van der Waals surface area (Å²) in [6, 6.07) is 10.1. The van der Waals surface area contributed by atoms with Gasteiger partial charge in [0.15, 0.2) is 0 Å². The minimum absolute atomic E-state index is 0.242. The molecule has 0 fully saturated rings. The van der Waals surface area contributed by atoms with E-state index in [1.165, 1.54) is 12.3 Å². The van der Waals surface area contributed by atoms with Crippen molar-refractivity contribution in [1.82, 2.24) is 20.3 Å². The number of nitrogens with one attached hydrogen (secondary N) is 1. The third-order valence-corrected chi connectivity index (χ3v) is 3.49. The second kappa shape index (κ2) is 6.95. The van der Waals surface area contributed by atoms with E-state index in [1.54, 1.807) is 36.7 Å². The molecule has 1 N–H and O–H groups in total. The average Bonchev–Trinajstić information content (AvgIpc) is 2.60. The van der Waals surface area contributed by atoms with Gasteiger partial charge >= 0.3 is 0 Å². The topological polar surface area (TPSA) is 67.8 Å². The van der Waals surface area contributed by atoms with Gasteiger partial charge in [-0.2, -0.15) is 4.39 Å². The first-order valence-electron chi connectivity index (χ1n) is 7.40. The van der Waals surface area contributed by atoms with Crippen molar-refractivity contribution < 1.29 is 9.18 Å². The summed E-state index contributed by atoms with van der Waals surface area (Å²) in [5, 5.41) is 2.80. The number of aromatic nitrogens is 3. The van der Waals surface area contributed by atoms with Crippen LogP contribution in [0.5, 0.6) is 0 Å². The van der Waals surface area contributed by atoms with Crippen molar-refractivity contribution in [2.24, 2.45) is 0 Å². The molecule has 5 nitrogen and oxygen atoms in total. The van der Waals surface area contributed by atoms with Crippen LogP contribution in [0.1, 0.15) is 21.6 Å². The number of hydrogen-bond acceptors (Lipinski definition) is 4. The largest absolute Gasteiger partial charge is 0.347 e. The minimum Gasteiger partial charge on any atom is -0.347 e. The molecule has 0 saturated heterocycles. The maximum absolute atomic E-state index is 13.2. The third-order valence-electron chi connectivity index (χ3n) is 3.49. The van der Waals surface area contributed by atoms with Crippen LogP contribution in [-0.4, -0.2) is 20.9 Å². The van der Waals surface area contributed by atoms with Crippen LogP contribution in [0.25, 0.3) is 11.3 Å². The van der Waals surface area contributed by atoms with Gasteiger partial charge in [-0.15, -0.1) is 0 Å². The number of carbonyl (C=O) groups excluding carboxylic acids is 1. The highest BCUT2D eigenvalue weighted by Crippen LogP contribution is 2.21. The normalized spacial score (nSPS) is 10.4. The molecule has 3 aromatic heterocycles. The van der Waals surface area contributed by atoms with Gasteiger partial charge in [0, 0.05) is 36.8 Å². The first-order chi connectivity index (χ1) is 11.6. The Hall–Kier alpha value is -3.15. The Kier molecular flexibility index (Phi) is 4.56. The Balaban J connectivity index is 1.72. The van der Waals surface area contributed by atoms with Crippen LogP contribution >= 0.6 is 0 Å². The van der Waals surface area contributed by atoms with Crippen LogP contribution in [0.2, 0.25) is 0 Å². The SMILES string of the molecule is Cc1cc(CNC(=O)c2ccccn2)cnc1-c1ccnc(F)c1. The molecule has 3 aromatic rings. The number of hydrogen-bond donors (Lipinski definition) is 1. The van der Waals surface area contributed by atoms with E-state index >= 15 is 0 Å². The molecule has 0 aliphatic heterocycles. The Bertz CT molecular complexity index is 868. The smallest absolute Gasteiger partial charge is 0.270 e. The fourth-order valence-electron chi connectivity index (χ4n) is 2.35. The third kappa shape index (κ3) is 3.60. The second-order valence-corrected chi connectivity index (χ2v) is 5.27. The number of pyridine rings is 3. The second-order valence-electron chi connectivity index (χ2n) is 5.27. The molecular weight excluding hydrogens is 307 g/mol. The van der Waals surface area contributed by atoms with E-state index in [4.69, 9.17) is 0 Å². The molecule has 0 atom stereocenters. The zero-order valence-electron chi connectivity index (χ0n) is 13.0. The molecule has 1 amide bonds. The summed E-state index contributed by atoms with van der Waals surface area (Å²) in [5.74, 6) is -0.783. The van der Waals surface area contributed by atoms with E-state index in [1.807, 2.05) is 13.0 Å². The fourth-order valence-corrected chi connectivity index (χ4v) is 2.35. The summed E-state index contributed by atoms with van der Waals surface area (Å²) in [6.07, 6.45) is 4.65. The Morgan fingerprint density at radius 2 is 2.00 bits per heavy atom. The van der Waals surface area contributed by atoms with Gasteiger partial charge in [-0.05, 0) is 36.2 Å². The number of aryl methyl sites for hydroxylation is 1. The van der Waals surface area contributed by atoms with Crippen LogP contribution < -0.4 is 5.32 Å². The summed E-state index contributed by atoms with van der Waals surface area (Å²) in [5.41, 5.74) is 3.48. The lowest BCUT2D eigenvalue weighted by Crippen LogP contribution is -2.23. The number of halogens is 1. The molecule has 0 aliphatic rings. The molecule has 120 valence electrons. The van der Waals surface area contributed by atoms with Crippen LogP contribution in [0.3, 0.4) is 0 Å². The molecule has 0 aromatic carbocycles. The molecule has 3 rings (SSSR count). The predicted molar refractivity (Wildman–Crippen MR) is 87.6 cm³/mol. The van der Waals surface area contributed by atoms with Gasteiger partial charge in [-0.25, -0.2) is 4.98 Å². The van der Waals surface area contributed by atoms with Crippen molar-refractivity contribution in [2.75, 3.05) is 0 Å². The summed E-state index contributed by atoms with van der Waals surface area (Å²) in [6.45, 7) is 2.24. The van der Waals surface area contributed by atoms with Gasteiger partial charge in [0.05, 0.1) is 5.69 Å². The van der Waals surface area contributed by atoms with Crippen molar-refractivity contribution in [2.45, 2.75) is 13.5 Å². The highest BCUT2D eigenvalue weighted by Gasteiger charge is 2.09. The first kappa shape index (κ1) is 15.7. The molecule has 0 unspecified atom stereocenters. The average molecular weight is 322 g/mol. The molecule has 0 bridgehead atoms. The van der Waals surface area contributed by atoms with Gasteiger partial charge in [0.2, 0.25) is 5.95 Å². The number of carbonyl (C=O) groups is 1. The Labute approximate surface area is 138 Å². The van der Waals surface area contributed by atoms with Crippen molar-refractivity contribution in [3.63, 3.8) is 0 Å². The van der Waals surface area contributed by atoms with Crippen molar-refractivity contribution in [3.8, 4) is 11.3 Å². The van der Waals surface area contributed by atoms with Gasteiger partial charge < -0.3 is 5.32 Å². The maximum atomic E-state index is 13.2. The standard InChI is InChI=1S/C18H15FN4O/c1-12-8-13(11-23-18(24)15-4-2-3-6-20-15)10-22-17(12)14-5-7-21-16(19)9-14/h2-10H,11H2,1H3,(H,23,24). The quantitative estimate of drug-likeness (QED) is 0.750. The van der Waals surface area contributed by atoms with Gasteiger partial charge in [-0.1, -0.05) is 12.1 Å². The van der Waals surface area contributed by atoms with Crippen LogP contribution in [0, 0.1) is 12.9 Å². The molecule has 3 heterocycles. The minimum atomic E-state index is -0.541. The van der Waals surface area contributed by atoms with Gasteiger partial charge in [0.25, 0.3) is 5.91 Å². The fraction of sp³-hybridized carbons (Fsp3) is 0.111. The summed E-state index contributed by atoms with van der Waals surface area (Å²) in [4.78, 5) is 23.9. The zero-order chi connectivity index (χ0) is 16.9. The Morgan fingerprint density at radius 3 is 2.71 bits per heavy atom. The first-order valence-corrected chi connectivity index (χ1v) is 7.40. The van der Waals surface area contributed by atoms with Gasteiger partial charge in [0.1, 0.15) is 5.69 Å². The highest BCUT2D eigenvalue weighted by atomic mass is 19.1. The van der Waals surface area contributed by atoms with E-state index in [0.717, 1.165) is 11.1 Å². The van der Waals surface area contributed by atoms with E-state index < -0.39 is 5.95 Å². The van der Waals surface area contributed by atoms with E-state index in [0.29, 0.717) is 23.5 Å². The van der Waals surface area contributed by atoms with Crippen LogP contribution in [-0.2, 0) is 6.54 Å². The van der Waals surface area contributed by atoms with Gasteiger partial charge in [-0.3, -0.25) is 14.8 Å². The van der Waals surface area contributed by atoms with Crippen molar-refractivity contribution in [3.05, 3.63) is 77.8 Å². The number of rotatable bonds is 4. The monoisotopic (exact) mass is 322 g/mol. The number of nitrogens with zero attached hydrogens (tertiary/aromatic N) is 3. The zero-order valence-corrected chi connectivity index (χ0v) is 13.0. The predicted octanol–water partition coefficient (Wildman–Crippen LogP) is 2.92. The lowest BCUT2D eigenvalue weighted by Gasteiger charge is -2.09. The summed E-state index contributed by atoms with van der Waals surface area (Å²) >= 11 is 0. The summed E-state index contributed by atoms with van der Waals surface area (Å²) < 4.78 is 13.2. The molecular formula is C18H15FN4O. The van der Waals surface area contributed by atoms with E-state index in [-0.39, 0.29) is 5.91 Å². The summed E-state index contributed by atoms with van der Waals surface area (Å²) in [7, 11) is 0. The number of amides is 1. The lowest BCUT2D eigenvalue weighted by atomic mass is 10.1. The van der Waals surface area contributed by atoms with Crippen LogP contribution in [0.15, 0.2) is 55.0 Å². The molecule has 6 heteroatoms. The van der Waals surface area contributed by atoms with Crippen molar-refractivity contribution in [1.29, 1.82) is 0 Å².